The molecule has 1 aromatic carbocycles. The first kappa shape index (κ1) is 24.9. The van der Waals surface area contributed by atoms with Gasteiger partial charge in [-0.15, -0.1) is 0 Å². The van der Waals surface area contributed by atoms with Gasteiger partial charge in [0, 0.05) is 68.2 Å². The van der Waals surface area contributed by atoms with Crippen LogP contribution in [0.5, 0.6) is 5.88 Å². The highest BCUT2D eigenvalue weighted by atomic mass is 16.5. The van der Waals surface area contributed by atoms with Crippen LogP contribution in [0.15, 0.2) is 43.0 Å². The van der Waals surface area contributed by atoms with Gasteiger partial charge in [-0.1, -0.05) is 6.92 Å². The second-order valence-corrected chi connectivity index (χ2v) is 9.57. The third-order valence-electron chi connectivity index (χ3n) is 6.90. The van der Waals surface area contributed by atoms with E-state index in [4.69, 9.17) is 4.74 Å². The lowest BCUT2D eigenvalue weighted by molar-refractivity contribution is 0.0922. The highest BCUT2D eigenvalue weighted by Gasteiger charge is 2.25. The van der Waals surface area contributed by atoms with Crippen LogP contribution in [-0.2, 0) is 12.8 Å². The summed E-state index contributed by atoms with van der Waals surface area (Å²) in [4.78, 5) is 34.6. The van der Waals surface area contributed by atoms with Crippen LogP contribution in [0.2, 0.25) is 0 Å². The van der Waals surface area contributed by atoms with E-state index < -0.39 is 0 Å². The predicted molar refractivity (Wildman–Crippen MR) is 140 cm³/mol. The summed E-state index contributed by atoms with van der Waals surface area (Å²) in [6.07, 6.45) is 8.89. The molecular formula is C27H33N7O3. The highest BCUT2D eigenvalue weighted by Crippen LogP contribution is 2.35. The second kappa shape index (κ2) is 11.1. The van der Waals surface area contributed by atoms with Crippen molar-refractivity contribution in [3.8, 4) is 5.88 Å². The highest BCUT2D eigenvalue weighted by molar-refractivity contribution is 5.95. The van der Waals surface area contributed by atoms with Crippen LogP contribution >= 0.6 is 0 Å². The number of anilines is 3. The van der Waals surface area contributed by atoms with Crippen molar-refractivity contribution >= 4 is 23.4 Å². The van der Waals surface area contributed by atoms with Gasteiger partial charge in [0.15, 0.2) is 0 Å². The van der Waals surface area contributed by atoms with E-state index >= 15 is 0 Å². The molecular weight excluding hydrogens is 470 g/mol. The van der Waals surface area contributed by atoms with E-state index in [1.54, 1.807) is 13.3 Å². The summed E-state index contributed by atoms with van der Waals surface area (Å²) in [5.41, 5.74) is 3.84. The van der Waals surface area contributed by atoms with Crippen LogP contribution < -0.4 is 19.9 Å². The minimum absolute atomic E-state index is 0.0714. The largest absolute Gasteiger partial charge is 0.474 e. The van der Waals surface area contributed by atoms with Crippen molar-refractivity contribution < 1.29 is 14.6 Å². The number of amides is 1. The summed E-state index contributed by atoms with van der Waals surface area (Å²) < 4.78 is 6.24. The lowest BCUT2D eigenvalue weighted by atomic mass is 10.1. The average Bonchev–Trinajstić information content (AvgIpc) is 3.37. The molecule has 37 heavy (non-hydrogen) atoms. The fourth-order valence-electron chi connectivity index (χ4n) is 4.71. The molecule has 10 nitrogen and oxygen atoms in total. The molecule has 5 rings (SSSR count). The Morgan fingerprint density at radius 1 is 1.14 bits per heavy atom. The first-order valence-electron chi connectivity index (χ1n) is 12.9. The number of aromatic nitrogens is 4. The maximum atomic E-state index is 12.4. The Morgan fingerprint density at radius 3 is 2.65 bits per heavy atom. The van der Waals surface area contributed by atoms with Gasteiger partial charge in [0.1, 0.15) is 18.2 Å². The zero-order chi connectivity index (χ0) is 25.8. The molecule has 0 bridgehead atoms. The topological polar surface area (TPSA) is 117 Å². The lowest BCUT2D eigenvalue weighted by Crippen LogP contribution is -2.39. The molecule has 1 amide bonds. The molecule has 2 aromatic heterocycles. The zero-order valence-electron chi connectivity index (χ0n) is 21.3. The molecule has 0 unspecified atom stereocenters. The third-order valence-corrected chi connectivity index (χ3v) is 6.90. The first-order valence-corrected chi connectivity index (χ1v) is 12.9. The van der Waals surface area contributed by atoms with Crippen LogP contribution in [-0.4, -0.2) is 69.3 Å². The van der Waals surface area contributed by atoms with Gasteiger partial charge in [0.2, 0.25) is 11.8 Å². The van der Waals surface area contributed by atoms with Gasteiger partial charge >= 0.3 is 0 Å². The molecule has 2 aliphatic rings. The number of rotatable bonds is 8. The zero-order valence-corrected chi connectivity index (χ0v) is 21.3. The number of piperidine rings is 1. The van der Waals surface area contributed by atoms with Gasteiger partial charge in [-0.2, -0.15) is 0 Å². The molecule has 0 radical (unpaired) electrons. The number of carbonyl (C=O) groups excluding carboxylic acids is 1. The van der Waals surface area contributed by atoms with E-state index in [9.17, 15) is 9.90 Å². The summed E-state index contributed by atoms with van der Waals surface area (Å²) >= 11 is 0. The molecule has 1 fully saturated rings. The van der Waals surface area contributed by atoms with Crippen molar-refractivity contribution in [2.75, 3.05) is 36.0 Å². The Labute approximate surface area is 216 Å². The smallest absolute Gasteiger partial charge is 0.251 e. The number of hydrogen-bond donors (Lipinski definition) is 2. The summed E-state index contributed by atoms with van der Waals surface area (Å²) in [6.45, 7) is 6.20. The Bertz CT molecular complexity index is 1230. The molecule has 1 atom stereocenters. The van der Waals surface area contributed by atoms with Crippen LogP contribution in [0.25, 0.3) is 0 Å². The van der Waals surface area contributed by atoms with Crippen LogP contribution in [0.4, 0.5) is 17.5 Å². The van der Waals surface area contributed by atoms with Crippen molar-refractivity contribution in [2.24, 2.45) is 0 Å². The number of aliphatic hydroxyl groups is 1. The maximum absolute atomic E-state index is 12.4. The Hall–Kier alpha value is -3.79. The molecule has 1 saturated heterocycles. The van der Waals surface area contributed by atoms with E-state index in [-0.39, 0.29) is 24.7 Å². The second-order valence-electron chi connectivity index (χ2n) is 9.57. The monoisotopic (exact) mass is 503 g/mol. The predicted octanol–water partition coefficient (Wildman–Crippen LogP) is 2.68. The van der Waals surface area contributed by atoms with Crippen molar-refractivity contribution in [3.63, 3.8) is 0 Å². The number of carbonyl (C=O) groups is 1. The maximum Gasteiger partial charge on any atom is 0.251 e. The van der Waals surface area contributed by atoms with E-state index in [1.165, 1.54) is 0 Å². The van der Waals surface area contributed by atoms with Gasteiger partial charge in [0.05, 0.1) is 6.61 Å². The molecule has 0 spiro atoms. The number of benzene rings is 1. The number of aryl methyl sites for hydroxylation is 1. The first-order chi connectivity index (χ1) is 18.0. The number of nitrogens with zero attached hydrogens (tertiary/aromatic N) is 6. The van der Waals surface area contributed by atoms with Crippen molar-refractivity contribution in [1.29, 1.82) is 0 Å². The van der Waals surface area contributed by atoms with Crippen molar-refractivity contribution in [1.82, 2.24) is 25.3 Å². The van der Waals surface area contributed by atoms with E-state index in [0.29, 0.717) is 11.4 Å². The minimum atomic E-state index is -0.287. The Balaban J connectivity index is 1.21. The average molecular weight is 504 g/mol. The summed E-state index contributed by atoms with van der Waals surface area (Å²) in [6, 6.07) is 7.28. The van der Waals surface area contributed by atoms with Gasteiger partial charge in [-0.3, -0.25) is 4.79 Å². The molecule has 3 aromatic rings. The van der Waals surface area contributed by atoms with Crippen molar-refractivity contribution in [3.05, 3.63) is 59.7 Å². The van der Waals surface area contributed by atoms with Crippen LogP contribution in [0.3, 0.4) is 0 Å². The van der Waals surface area contributed by atoms with Gasteiger partial charge in [-0.25, -0.2) is 19.9 Å². The standard InChI is InChI=1S/C27H33N7O3/c1-3-19-14-28-27(29-15-19)33-9-7-22(8-10-33)37-25-13-24(30-17-31-25)34-11-6-20-12-21(4-5-23(20)34)26(36)32-18(2)16-35/h4-5,12-15,17-18,22,35H,3,6-11,16H2,1-2H3,(H,32,36)/t18-/m0/s1. The normalized spacial score (nSPS) is 16.4. The number of hydrogen-bond acceptors (Lipinski definition) is 9. The fraction of sp³-hybridized carbons (Fsp3) is 0.444. The quantitative estimate of drug-likeness (QED) is 0.478. The third kappa shape index (κ3) is 5.64. The van der Waals surface area contributed by atoms with Crippen LogP contribution in [0, 0.1) is 0 Å². The van der Waals surface area contributed by atoms with Crippen molar-refractivity contribution in [2.45, 2.75) is 51.7 Å². The molecule has 10 heteroatoms. The minimum Gasteiger partial charge on any atom is -0.474 e. The SMILES string of the molecule is CCc1cnc(N2CCC(Oc3cc(N4CCc5cc(C(=O)N[C@@H](C)CO)ccc54)ncn3)CC2)nc1. The summed E-state index contributed by atoms with van der Waals surface area (Å²) in [5, 5.41) is 12.0. The fourth-order valence-corrected chi connectivity index (χ4v) is 4.71. The van der Waals surface area contributed by atoms with Crippen LogP contribution in [0.1, 0.15) is 48.2 Å². The molecule has 2 aliphatic heterocycles. The number of aliphatic hydroxyl groups excluding tert-OH is 1. The summed E-state index contributed by atoms with van der Waals surface area (Å²) in [5.74, 6) is 1.93. The molecule has 0 saturated carbocycles. The Kier molecular flexibility index (Phi) is 7.45. The number of ether oxygens (including phenoxy) is 1. The number of nitrogens with one attached hydrogen (secondary N) is 1. The molecule has 2 N–H and O–H groups in total. The van der Waals surface area contributed by atoms with E-state index in [2.05, 4.69) is 42.0 Å². The number of fused-ring (bicyclic) bond motifs is 1. The van der Waals surface area contributed by atoms with Gasteiger partial charge in [0.25, 0.3) is 5.91 Å². The van der Waals surface area contributed by atoms with E-state index in [0.717, 1.165) is 73.9 Å². The van der Waals surface area contributed by atoms with Gasteiger partial charge in [-0.05, 0) is 49.1 Å². The van der Waals surface area contributed by atoms with E-state index in [1.807, 2.05) is 36.7 Å². The van der Waals surface area contributed by atoms with Gasteiger partial charge < -0.3 is 25.0 Å². The molecule has 4 heterocycles. The Morgan fingerprint density at radius 2 is 1.92 bits per heavy atom. The molecule has 0 aliphatic carbocycles. The summed E-state index contributed by atoms with van der Waals surface area (Å²) in [7, 11) is 0. The molecule has 194 valence electrons. The lowest BCUT2D eigenvalue weighted by Gasteiger charge is -2.32.